The topological polar surface area (TPSA) is 56.8 Å². The van der Waals surface area contributed by atoms with E-state index < -0.39 is 0 Å². The van der Waals surface area contributed by atoms with E-state index in [0.717, 1.165) is 22.4 Å². The molecular formula is C26H27NO4. The van der Waals surface area contributed by atoms with E-state index in [0.29, 0.717) is 30.0 Å². The SMILES string of the molecule is COc1ccc(/C=C(/C(=O)NCCc2ccc(OC)c(OC)c2)c2ccccc2)cc1. The number of hydrogen-bond acceptors (Lipinski definition) is 4. The summed E-state index contributed by atoms with van der Waals surface area (Å²) < 4.78 is 15.8. The molecule has 0 radical (unpaired) electrons. The quantitative estimate of drug-likeness (QED) is 0.408. The molecule has 5 heteroatoms. The van der Waals surface area contributed by atoms with Crippen LogP contribution < -0.4 is 19.5 Å². The minimum absolute atomic E-state index is 0.123. The molecule has 3 aromatic rings. The molecule has 3 aromatic carbocycles. The Morgan fingerprint density at radius 1 is 0.839 bits per heavy atom. The number of carbonyl (C=O) groups is 1. The Labute approximate surface area is 183 Å². The molecule has 0 saturated carbocycles. The van der Waals surface area contributed by atoms with Gasteiger partial charge >= 0.3 is 0 Å². The summed E-state index contributed by atoms with van der Waals surface area (Å²) in [5.74, 6) is 2.01. The zero-order chi connectivity index (χ0) is 22.1. The van der Waals surface area contributed by atoms with E-state index >= 15 is 0 Å². The Morgan fingerprint density at radius 3 is 2.19 bits per heavy atom. The molecule has 3 rings (SSSR count). The number of rotatable bonds is 9. The molecule has 0 atom stereocenters. The summed E-state index contributed by atoms with van der Waals surface area (Å²) in [4.78, 5) is 13.0. The van der Waals surface area contributed by atoms with Crippen LogP contribution in [0.2, 0.25) is 0 Å². The monoisotopic (exact) mass is 417 g/mol. The van der Waals surface area contributed by atoms with Crippen LogP contribution in [-0.4, -0.2) is 33.8 Å². The Hall–Kier alpha value is -3.73. The van der Waals surface area contributed by atoms with Crippen LogP contribution in [-0.2, 0) is 11.2 Å². The van der Waals surface area contributed by atoms with E-state index in [1.54, 1.807) is 21.3 Å². The first-order valence-corrected chi connectivity index (χ1v) is 10.0. The molecule has 0 aromatic heterocycles. The molecule has 0 spiro atoms. The standard InChI is InChI=1S/C26H27NO4/c1-29-22-12-9-19(10-13-22)17-23(21-7-5-4-6-8-21)26(28)27-16-15-20-11-14-24(30-2)25(18-20)31-3/h4-14,17-18H,15-16H2,1-3H3,(H,27,28)/b23-17+. The van der Waals surface area contributed by atoms with E-state index in [4.69, 9.17) is 14.2 Å². The number of hydrogen-bond donors (Lipinski definition) is 1. The molecule has 0 aliphatic carbocycles. The lowest BCUT2D eigenvalue weighted by Gasteiger charge is -2.12. The lowest BCUT2D eigenvalue weighted by Crippen LogP contribution is -2.26. The maximum Gasteiger partial charge on any atom is 0.251 e. The second kappa shape index (κ2) is 10.9. The average molecular weight is 418 g/mol. The molecule has 0 aliphatic heterocycles. The van der Waals surface area contributed by atoms with Crippen LogP contribution >= 0.6 is 0 Å². The highest BCUT2D eigenvalue weighted by atomic mass is 16.5. The van der Waals surface area contributed by atoms with E-state index in [1.807, 2.05) is 78.9 Å². The van der Waals surface area contributed by atoms with Crippen molar-refractivity contribution in [3.8, 4) is 17.2 Å². The molecule has 1 amide bonds. The van der Waals surface area contributed by atoms with Gasteiger partial charge in [0, 0.05) is 12.1 Å². The number of benzene rings is 3. The van der Waals surface area contributed by atoms with Crippen LogP contribution in [0.15, 0.2) is 72.8 Å². The fraction of sp³-hybridized carbons (Fsp3) is 0.192. The van der Waals surface area contributed by atoms with Gasteiger partial charge in [0.15, 0.2) is 11.5 Å². The van der Waals surface area contributed by atoms with Gasteiger partial charge in [0.25, 0.3) is 5.91 Å². The first-order valence-electron chi connectivity index (χ1n) is 10.0. The summed E-state index contributed by atoms with van der Waals surface area (Å²) >= 11 is 0. The Balaban J connectivity index is 1.74. The number of nitrogens with one attached hydrogen (secondary N) is 1. The van der Waals surface area contributed by atoms with Gasteiger partial charge in [-0.2, -0.15) is 0 Å². The molecule has 0 bridgehead atoms. The lowest BCUT2D eigenvalue weighted by molar-refractivity contribution is -0.115. The van der Waals surface area contributed by atoms with Crippen molar-refractivity contribution in [2.24, 2.45) is 0 Å². The van der Waals surface area contributed by atoms with Gasteiger partial charge in [0.05, 0.1) is 21.3 Å². The molecule has 0 fully saturated rings. The summed E-state index contributed by atoms with van der Waals surface area (Å²) in [6, 6.07) is 23.0. The third kappa shape index (κ3) is 5.89. The van der Waals surface area contributed by atoms with Crippen molar-refractivity contribution < 1.29 is 19.0 Å². The van der Waals surface area contributed by atoms with Gasteiger partial charge < -0.3 is 19.5 Å². The van der Waals surface area contributed by atoms with Gasteiger partial charge in [-0.1, -0.05) is 48.5 Å². The Morgan fingerprint density at radius 2 is 1.55 bits per heavy atom. The highest BCUT2D eigenvalue weighted by molar-refractivity contribution is 6.24. The molecule has 0 heterocycles. The smallest absolute Gasteiger partial charge is 0.251 e. The fourth-order valence-electron chi connectivity index (χ4n) is 3.22. The predicted molar refractivity (Wildman–Crippen MR) is 124 cm³/mol. The maximum absolute atomic E-state index is 13.0. The van der Waals surface area contributed by atoms with Crippen LogP contribution in [0.4, 0.5) is 0 Å². The van der Waals surface area contributed by atoms with Gasteiger partial charge in [-0.05, 0) is 53.5 Å². The molecule has 0 unspecified atom stereocenters. The zero-order valence-electron chi connectivity index (χ0n) is 18.1. The summed E-state index contributed by atoms with van der Waals surface area (Å²) in [6.45, 7) is 0.501. The van der Waals surface area contributed by atoms with E-state index in [2.05, 4.69) is 5.32 Å². The first kappa shape index (κ1) is 22.0. The number of carbonyl (C=O) groups excluding carboxylic acids is 1. The highest BCUT2D eigenvalue weighted by Gasteiger charge is 2.12. The van der Waals surface area contributed by atoms with Crippen molar-refractivity contribution in [3.05, 3.63) is 89.5 Å². The van der Waals surface area contributed by atoms with Crippen molar-refractivity contribution in [1.29, 1.82) is 0 Å². The third-order valence-electron chi connectivity index (χ3n) is 4.90. The number of methoxy groups -OCH3 is 3. The van der Waals surface area contributed by atoms with Gasteiger partial charge in [0.2, 0.25) is 0 Å². The zero-order valence-corrected chi connectivity index (χ0v) is 18.1. The van der Waals surface area contributed by atoms with Crippen LogP contribution in [0.25, 0.3) is 11.6 Å². The van der Waals surface area contributed by atoms with E-state index in [9.17, 15) is 4.79 Å². The fourth-order valence-corrected chi connectivity index (χ4v) is 3.22. The average Bonchev–Trinajstić information content (AvgIpc) is 2.83. The summed E-state index contributed by atoms with van der Waals surface area (Å²) in [5.41, 5.74) is 3.45. The van der Waals surface area contributed by atoms with Crippen molar-refractivity contribution in [2.45, 2.75) is 6.42 Å². The largest absolute Gasteiger partial charge is 0.497 e. The van der Waals surface area contributed by atoms with Crippen LogP contribution in [0.3, 0.4) is 0 Å². The minimum Gasteiger partial charge on any atom is -0.497 e. The molecule has 0 saturated heterocycles. The van der Waals surface area contributed by atoms with Gasteiger partial charge in [-0.3, -0.25) is 4.79 Å². The molecular weight excluding hydrogens is 390 g/mol. The van der Waals surface area contributed by atoms with Crippen molar-refractivity contribution in [3.63, 3.8) is 0 Å². The van der Waals surface area contributed by atoms with E-state index in [1.165, 1.54) is 0 Å². The number of amides is 1. The summed E-state index contributed by atoms with van der Waals surface area (Å²) in [6.07, 6.45) is 2.57. The maximum atomic E-state index is 13.0. The normalized spacial score (nSPS) is 11.0. The first-order chi connectivity index (χ1) is 15.1. The van der Waals surface area contributed by atoms with Crippen molar-refractivity contribution in [1.82, 2.24) is 5.32 Å². The minimum atomic E-state index is -0.123. The molecule has 5 nitrogen and oxygen atoms in total. The molecule has 1 N–H and O–H groups in total. The van der Waals surface area contributed by atoms with Gasteiger partial charge in [0.1, 0.15) is 5.75 Å². The second-order valence-corrected chi connectivity index (χ2v) is 6.89. The van der Waals surface area contributed by atoms with E-state index in [-0.39, 0.29) is 5.91 Å². The lowest BCUT2D eigenvalue weighted by atomic mass is 10.0. The molecule has 31 heavy (non-hydrogen) atoms. The molecule has 160 valence electrons. The van der Waals surface area contributed by atoms with Crippen molar-refractivity contribution >= 4 is 17.6 Å². The van der Waals surface area contributed by atoms with Crippen LogP contribution in [0.5, 0.6) is 17.2 Å². The van der Waals surface area contributed by atoms with Gasteiger partial charge in [-0.15, -0.1) is 0 Å². The number of ether oxygens (including phenoxy) is 3. The van der Waals surface area contributed by atoms with Crippen LogP contribution in [0.1, 0.15) is 16.7 Å². The van der Waals surface area contributed by atoms with Crippen LogP contribution in [0, 0.1) is 0 Å². The van der Waals surface area contributed by atoms with Gasteiger partial charge in [-0.25, -0.2) is 0 Å². The highest BCUT2D eigenvalue weighted by Crippen LogP contribution is 2.27. The summed E-state index contributed by atoms with van der Waals surface area (Å²) in [5, 5.41) is 3.03. The summed E-state index contributed by atoms with van der Waals surface area (Å²) in [7, 11) is 4.85. The Bertz CT molecular complexity index is 1030. The Kier molecular flexibility index (Phi) is 7.71. The van der Waals surface area contributed by atoms with Crippen molar-refractivity contribution in [2.75, 3.05) is 27.9 Å². The second-order valence-electron chi connectivity index (χ2n) is 6.89. The predicted octanol–water partition coefficient (Wildman–Crippen LogP) is 4.61. The third-order valence-corrected chi connectivity index (χ3v) is 4.90. The molecule has 0 aliphatic rings.